The predicted octanol–water partition coefficient (Wildman–Crippen LogP) is 2.74. The van der Waals surface area contributed by atoms with Crippen molar-refractivity contribution in [1.29, 1.82) is 0 Å². The minimum atomic E-state index is -0.777. The number of amides is 1. The predicted molar refractivity (Wildman–Crippen MR) is 72.2 cm³/mol. The van der Waals surface area contributed by atoms with E-state index < -0.39 is 11.6 Å². The molecule has 0 radical (unpaired) electrons. The second-order valence-corrected chi connectivity index (χ2v) is 5.76. The van der Waals surface area contributed by atoms with Gasteiger partial charge >= 0.3 is 0 Å². The zero-order valence-corrected chi connectivity index (χ0v) is 10.9. The van der Waals surface area contributed by atoms with Gasteiger partial charge in [0.05, 0.1) is 18.0 Å². The van der Waals surface area contributed by atoms with E-state index in [-0.39, 0.29) is 17.3 Å². The van der Waals surface area contributed by atoms with Crippen LogP contribution in [-0.4, -0.2) is 28.3 Å². The Labute approximate surface area is 111 Å². The van der Waals surface area contributed by atoms with Gasteiger partial charge in [0, 0.05) is 11.8 Å². The third kappa shape index (κ3) is 3.71. The molecule has 0 aliphatic carbocycles. The molecule has 1 N–H and O–H groups in total. The van der Waals surface area contributed by atoms with Crippen LogP contribution >= 0.6 is 23.5 Å². The number of anilines is 1. The summed E-state index contributed by atoms with van der Waals surface area (Å²) in [5.74, 6) is -0.669. The molecule has 0 spiro atoms. The van der Waals surface area contributed by atoms with Gasteiger partial charge in [-0.3, -0.25) is 9.79 Å². The van der Waals surface area contributed by atoms with E-state index in [1.807, 2.05) is 0 Å². The van der Waals surface area contributed by atoms with Crippen LogP contribution in [0, 0.1) is 11.6 Å². The van der Waals surface area contributed by atoms with Crippen molar-refractivity contribution in [3.63, 3.8) is 0 Å². The van der Waals surface area contributed by atoms with Crippen molar-refractivity contribution in [2.45, 2.75) is 0 Å². The minimum Gasteiger partial charge on any atom is -0.323 e. The van der Waals surface area contributed by atoms with Gasteiger partial charge in [0.15, 0.2) is 0 Å². The molecule has 18 heavy (non-hydrogen) atoms. The van der Waals surface area contributed by atoms with E-state index in [1.165, 1.54) is 17.8 Å². The van der Waals surface area contributed by atoms with Gasteiger partial charge in [-0.05, 0) is 12.1 Å². The number of thioether (sulfide) groups is 2. The van der Waals surface area contributed by atoms with E-state index in [9.17, 15) is 13.6 Å². The van der Waals surface area contributed by atoms with Crippen LogP contribution in [0.4, 0.5) is 14.5 Å². The highest BCUT2D eigenvalue weighted by atomic mass is 32.2. The Kier molecular flexibility index (Phi) is 4.60. The van der Waals surface area contributed by atoms with Crippen molar-refractivity contribution < 1.29 is 13.6 Å². The number of nitrogens with one attached hydrogen (secondary N) is 1. The third-order valence-corrected chi connectivity index (χ3v) is 4.34. The summed E-state index contributed by atoms with van der Waals surface area (Å²) >= 11 is 2.93. The molecule has 0 saturated carbocycles. The van der Waals surface area contributed by atoms with Crippen molar-refractivity contribution in [2.75, 3.05) is 23.4 Å². The Morgan fingerprint density at radius 2 is 2.33 bits per heavy atom. The molecule has 1 heterocycles. The quantitative estimate of drug-likeness (QED) is 0.930. The normalized spacial score (nSPS) is 14.4. The fourth-order valence-electron chi connectivity index (χ4n) is 1.31. The van der Waals surface area contributed by atoms with Gasteiger partial charge in [-0.25, -0.2) is 8.78 Å². The first-order valence-corrected chi connectivity index (χ1v) is 7.17. The van der Waals surface area contributed by atoms with Crippen LogP contribution in [0.5, 0.6) is 0 Å². The zero-order chi connectivity index (χ0) is 13.0. The average Bonchev–Trinajstić information content (AvgIpc) is 2.83. The fraction of sp³-hybridized carbons (Fsp3) is 0.273. The Morgan fingerprint density at radius 3 is 3.00 bits per heavy atom. The number of halogens is 2. The van der Waals surface area contributed by atoms with Crippen molar-refractivity contribution in [2.24, 2.45) is 4.99 Å². The van der Waals surface area contributed by atoms with Gasteiger partial charge in [-0.1, -0.05) is 23.5 Å². The highest BCUT2D eigenvalue weighted by Gasteiger charge is 2.12. The number of nitrogens with zero attached hydrogens (tertiary/aromatic N) is 1. The molecule has 1 aromatic rings. The molecule has 1 aliphatic heterocycles. The molecule has 96 valence electrons. The maximum atomic E-state index is 13.3. The summed E-state index contributed by atoms with van der Waals surface area (Å²) in [5, 5.41) is 2.40. The lowest BCUT2D eigenvalue weighted by Gasteiger charge is -2.05. The molecular weight excluding hydrogens is 278 g/mol. The Bertz CT molecular complexity index is 494. The summed E-state index contributed by atoms with van der Waals surface area (Å²) < 4.78 is 26.8. The van der Waals surface area contributed by atoms with Crippen LogP contribution < -0.4 is 5.32 Å². The number of benzene rings is 1. The summed E-state index contributed by atoms with van der Waals surface area (Å²) in [6.45, 7) is 0.779. The average molecular weight is 288 g/mol. The molecule has 0 bridgehead atoms. The Balaban J connectivity index is 1.86. The van der Waals surface area contributed by atoms with Crippen LogP contribution in [0.1, 0.15) is 0 Å². The SMILES string of the molecule is O=C(CSC1=NCCS1)Nc1ccc(F)cc1F. The van der Waals surface area contributed by atoms with Crippen molar-refractivity contribution in [3.05, 3.63) is 29.8 Å². The number of hydrogen-bond acceptors (Lipinski definition) is 4. The standard InChI is InChI=1S/C11H10F2N2OS2/c12-7-1-2-9(8(13)5-7)15-10(16)6-18-11-14-3-4-17-11/h1-2,5H,3-4,6H2,(H,15,16). The second-order valence-electron chi connectivity index (χ2n) is 3.46. The molecule has 3 nitrogen and oxygen atoms in total. The molecule has 0 fully saturated rings. The zero-order valence-electron chi connectivity index (χ0n) is 9.28. The van der Waals surface area contributed by atoms with Crippen LogP contribution in [0.15, 0.2) is 23.2 Å². The second kappa shape index (κ2) is 6.19. The number of aliphatic imine (C=N–C) groups is 1. The Hall–Kier alpha value is -1.08. The van der Waals surface area contributed by atoms with E-state index in [2.05, 4.69) is 10.3 Å². The topological polar surface area (TPSA) is 41.5 Å². The highest BCUT2D eigenvalue weighted by molar-refractivity contribution is 8.39. The maximum absolute atomic E-state index is 13.3. The maximum Gasteiger partial charge on any atom is 0.234 e. The van der Waals surface area contributed by atoms with E-state index in [0.29, 0.717) is 0 Å². The van der Waals surface area contributed by atoms with Crippen molar-refractivity contribution >= 4 is 39.5 Å². The summed E-state index contributed by atoms with van der Waals surface area (Å²) in [6.07, 6.45) is 0. The summed E-state index contributed by atoms with van der Waals surface area (Å²) in [5.41, 5.74) is -0.0111. The van der Waals surface area contributed by atoms with Gasteiger partial charge in [0.1, 0.15) is 16.0 Å². The smallest absolute Gasteiger partial charge is 0.234 e. The van der Waals surface area contributed by atoms with Crippen molar-refractivity contribution in [3.8, 4) is 0 Å². The molecule has 0 unspecified atom stereocenters. The molecule has 7 heteroatoms. The highest BCUT2D eigenvalue weighted by Crippen LogP contribution is 2.22. The number of carbonyl (C=O) groups is 1. The lowest BCUT2D eigenvalue weighted by molar-refractivity contribution is -0.113. The van der Waals surface area contributed by atoms with E-state index in [0.717, 1.165) is 28.8 Å². The Morgan fingerprint density at radius 1 is 1.50 bits per heavy atom. The summed E-state index contributed by atoms with van der Waals surface area (Å²) in [6, 6.07) is 3.04. The van der Waals surface area contributed by atoms with Crippen LogP contribution in [-0.2, 0) is 4.79 Å². The number of carbonyl (C=O) groups excluding carboxylic acids is 1. The molecule has 0 aromatic heterocycles. The molecule has 0 saturated heterocycles. The monoisotopic (exact) mass is 288 g/mol. The van der Waals surface area contributed by atoms with Crippen molar-refractivity contribution in [1.82, 2.24) is 0 Å². The molecule has 0 atom stereocenters. The van der Waals surface area contributed by atoms with E-state index in [4.69, 9.17) is 0 Å². The molecule has 2 rings (SSSR count). The van der Waals surface area contributed by atoms with Gasteiger partial charge in [-0.2, -0.15) is 0 Å². The summed E-state index contributed by atoms with van der Waals surface area (Å²) in [7, 11) is 0. The van der Waals surface area contributed by atoms with Crippen LogP contribution in [0.3, 0.4) is 0 Å². The van der Waals surface area contributed by atoms with Gasteiger partial charge in [0.2, 0.25) is 5.91 Å². The number of hydrogen-bond donors (Lipinski definition) is 1. The lowest BCUT2D eigenvalue weighted by atomic mass is 10.3. The molecule has 1 aromatic carbocycles. The first kappa shape index (κ1) is 13.4. The van der Waals surface area contributed by atoms with Crippen LogP contribution in [0.25, 0.3) is 0 Å². The van der Waals surface area contributed by atoms with Crippen LogP contribution in [0.2, 0.25) is 0 Å². The van der Waals surface area contributed by atoms with Gasteiger partial charge in [0.25, 0.3) is 0 Å². The first-order valence-electron chi connectivity index (χ1n) is 5.20. The lowest BCUT2D eigenvalue weighted by Crippen LogP contribution is -2.15. The molecule has 1 amide bonds. The van der Waals surface area contributed by atoms with E-state index >= 15 is 0 Å². The third-order valence-electron chi connectivity index (χ3n) is 2.09. The molecule has 1 aliphatic rings. The minimum absolute atomic E-state index is 0.0111. The number of rotatable bonds is 3. The van der Waals surface area contributed by atoms with Gasteiger partial charge in [-0.15, -0.1) is 0 Å². The first-order chi connectivity index (χ1) is 8.65. The largest absolute Gasteiger partial charge is 0.323 e. The van der Waals surface area contributed by atoms with E-state index in [1.54, 1.807) is 11.8 Å². The van der Waals surface area contributed by atoms with Gasteiger partial charge < -0.3 is 5.32 Å². The molecular formula is C11H10F2N2OS2. The summed E-state index contributed by atoms with van der Waals surface area (Å²) in [4.78, 5) is 15.7. The fourth-order valence-corrected chi connectivity index (χ4v) is 3.12.